The molecule has 0 aliphatic heterocycles. The van der Waals surface area contributed by atoms with Crippen molar-refractivity contribution in [1.82, 2.24) is 5.32 Å². The van der Waals surface area contributed by atoms with Crippen LogP contribution >= 0.6 is 0 Å². The van der Waals surface area contributed by atoms with Gasteiger partial charge in [-0.3, -0.25) is 0 Å². The summed E-state index contributed by atoms with van der Waals surface area (Å²) in [5.41, 5.74) is 2.63. The maximum Gasteiger partial charge on any atom is 0.0784 e. The summed E-state index contributed by atoms with van der Waals surface area (Å²) in [6.45, 7) is 10.7. The van der Waals surface area contributed by atoms with Gasteiger partial charge in [-0.15, -0.1) is 0 Å². The van der Waals surface area contributed by atoms with Crippen molar-refractivity contribution in [3.63, 3.8) is 0 Å². The lowest BCUT2D eigenvalue weighted by Crippen LogP contribution is -2.35. The average molecular weight is 265 g/mol. The molecule has 0 aromatic heterocycles. The van der Waals surface area contributed by atoms with Gasteiger partial charge in [0.1, 0.15) is 0 Å². The van der Waals surface area contributed by atoms with E-state index in [4.69, 9.17) is 9.47 Å². The molecule has 0 amide bonds. The lowest BCUT2D eigenvalue weighted by molar-refractivity contribution is -0.000147. The minimum Gasteiger partial charge on any atom is -0.382 e. The van der Waals surface area contributed by atoms with Gasteiger partial charge in [0.25, 0.3) is 0 Å². The largest absolute Gasteiger partial charge is 0.382 e. The van der Waals surface area contributed by atoms with Crippen LogP contribution in [-0.2, 0) is 22.6 Å². The van der Waals surface area contributed by atoms with Gasteiger partial charge in [0.15, 0.2) is 0 Å². The van der Waals surface area contributed by atoms with E-state index in [0.29, 0.717) is 13.2 Å². The first-order valence-corrected chi connectivity index (χ1v) is 6.84. The third kappa shape index (κ3) is 7.31. The SMILES string of the molecule is COCC(C)OCc1cccc(CNC(C)(C)C)c1. The van der Waals surface area contributed by atoms with E-state index in [1.165, 1.54) is 11.1 Å². The molecule has 3 nitrogen and oxygen atoms in total. The third-order valence-corrected chi connectivity index (χ3v) is 2.75. The lowest BCUT2D eigenvalue weighted by Gasteiger charge is -2.20. The molecule has 0 aliphatic rings. The molecule has 1 unspecified atom stereocenters. The molecule has 1 N–H and O–H groups in total. The van der Waals surface area contributed by atoms with E-state index in [-0.39, 0.29) is 11.6 Å². The fourth-order valence-electron chi connectivity index (χ4n) is 1.72. The maximum atomic E-state index is 5.72. The van der Waals surface area contributed by atoms with Gasteiger partial charge < -0.3 is 14.8 Å². The molecule has 1 rings (SSSR count). The number of methoxy groups -OCH3 is 1. The topological polar surface area (TPSA) is 30.5 Å². The van der Waals surface area contributed by atoms with Crippen molar-refractivity contribution < 1.29 is 9.47 Å². The maximum absolute atomic E-state index is 5.72. The van der Waals surface area contributed by atoms with E-state index >= 15 is 0 Å². The Morgan fingerprint density at radius 2 is 1.89 bits per heavy atom. The van der Waals surface area contributed by atoms with Crippen molar-refractivity contribution in [3.05, 3.63) is 35.4 Å². The highest BCUT2D eigenvalue weighted by atomic mass is 16.5. The summed E-state index contributed by atoms with van der Waals surface area (Å²) in [6, 6.07) is 8.51. The van der Waals surface area contributed by atoms with Crippen LogP contribution in [0.25, 0.3) is 0 Å². The molecule has 0 saturated heterocycles. The summed E-state index contributed by atoms with van der Waals surface area (Å²) in [4.78, 5) is 0. The first-order chi connectivity index (χ1) is 8.90. The molecule has 0 bridgehead atoms. The van der Waals surface area contributed by atoms with Crippen LogP contribution in [-0.4, -0.2) is 25.4 Å². The van der Waals surface area contributed by atoms with Crippen molar-refractivity contribution in [1.29, 1.82) is 0 Å². The normalized spacial score (nSPS) is 13.5. The van der Waals surface area contributed by atoms with E-state index in [1.807, 2.05) is 6.92 Å². The molecule has 1 atom stereocenters. The standard InChI is InChI=1S/C16H27NO2/c1-13(11-18-5)19-12-15-8-6-7-14(9-15)10-17-16(2,3)4/h6-9,13,17H,10-12H2,1-5H3. The van der Waals surface area contributed by atoms with Crippen LogP contribution in [0.4, 0.5) is 0 Å². The Kier molecular flexibility index (Phi) is 6.49. The molecule has 0 saturated carbocycles. The zero-order valence-corrected chi connectivity index (χ0v) is 12.8. The lowest BCUT2D eigenvalue weighted by atomic mass is 10.1. The molecule has 0 heterocycles. The summed E-state index contributed by atoms with van der Waals surface area (Å²) >= 11 is 0. The molecule has 3 heteroatoms. The first-order valence-electron chi connectivity index (χ1n) is 6.84. The van der Waals surface area contributed by atoms with Crippen LogP contribution in [0.15, 0.2) is 24.3 Å². The Morgan fingerprint density at radius 1 is 1.21 bits per heavy atom. The van der Waals surface area contributed by atoms with Gasteiger partial charge in [0.2, 0.25) is 0 Å². The zero-order valence-electron chi connectivity index (χ0n) is 12.8. The van der Waals surface area contributed by atoms with Crippen molar-refractivity contribution in [2.75, 3.05) is 13.7 Å². The molecule has 0 aliphatic carbocycles. The van der Waals surface area contributed by atoms with Gasteiger partial charge in [-0.25, -0.2) is 0 Å². The van der Waals surface area contributed by atoms with Crippen LogP contribution in [0, 0.1) is 0 Å². The van der Waals surface area contributed by atoms with Crippen molar-refractivity contribution in [2.24, 2.45) is 0 Å². The summed E-state index contributed by atoms with van der Waals surface area (Å²) in [6.07, 6.45) is 0.126. The van der Waals surface area contributed by atoms with Crippen LogP contribution in [0.3, 0.4) is 0 Å². The molecular formula is C16H27NO2. The quantitative estimate of drug-likeness (QED) is 0.821. The second kappa shape index (κ2) is 7.63. The number of rotatable bonds is 7. The summed E-state index contributed by atoms with van der Waals surface area (Å²) in [5.74, 6) is 0. The number of nitrogens with one attached hydrogen (secondary N) is 1. The van der Waals surface area contributed by atoms with E-state index in [0.717, 1.165) is 6.54 Å². The second-order valence-electron chi connectivity index (χ2n) is 6.00. The Labute approximate surface area is 117 Å². The third-order valence-electron chi connectivity index (χ3n) is 2.75. The van der Waals surface area contributed by atoms with E-state index in [2.05, 4.69) is 50.4 Å². The smallest absolute Gasteiger partial charge is 0.0784 e. The van der Waals surface area contributed by atoms with Crippen LogP contribution < -0.4 is 5.32 Å². The number of hydrogen-bond donors (Lipinski definition) is 1. The number of benzene rings is 1. The highest BCUT2D eigenvalue weighted by Crippen LogP contribution is 2.09. The van der Waals surface area contributed by atoms with Gasteiger partial charge in [-0.1, -0.05) is 24.3 Å². The highest BCUT2D eigenvalue weighted by Gasteiger charge is 2.08. The fourth-order valence-corrected chi connectivity index (χ4v) is 1.72. The van der Waals surface area contributed by atoms with Crippen LogP contribution in [0.1, 0.15) is 38.8 Å². The summed E-state index contributed by atoms with van der Waals surface area (Å²) < 4.78 is 10.8. The number of ether oxygens (including phenoxy) is 2. The Hall–Kier alpha value is -0.900. The average Bonchev–Trinajstić information content (AvgIpc) is 2.34. The zero-order chi connectivity index (χ0) is 14.3. The van der Waals surface area contributed by atoms with E-state index in [9.17, 15) is 0 Å². The number of hydrogen-bond acceptors (Lipinski definition) is 3. The van der Waals surface area contributed by atoms with E-state index < -0.39 is 0 Å². The monoisotopic (exact) mass is 265 g/mol. The molecular weight excluding hydrogens is 238 g/mol. The van der Waals surface area contributed by atoms with Gasteiger partial charge in [0.05, 0.1) is 19.3 Å². The van der Waals surface area contributed by atoms with Crippen molar-refractivity contribution in [3.8, 4) is 0 Å². The molecule has 19 heavy (non-hydrogen) atoms. The van der Waals surface area contributed by atoms with Gasteiger partial charge in [-0.05, 0) is 38.8 Å². The van der Waals surface area contributed by atoms with Crippen molar-refractivity contribution >= 4 is 0 Å². The molecule has 1 aromatic carbocycles. The Balaban J connectivity index is 2.48. The first kappa shape index (κ1) is 16.2. The summed E-state index contributed by atoms with van der Waals surface area (Å²) in [5, 5.41) is 3.49. The minimum absolute atomic E-state index is 0.126. The minimum atomic E-state index is 0.126. The summed E-state index contributed by atoms with van der Waals surface area (Å²) in [7, 11) is 1.69. The Bertz CT molecular complexity index is 371. The molecule has 0 spiro atoms. The molecule has 1 aromatic rings. The molecule has 108 valence electrons. The molecule has 0 fully saturated rings. The van der Waals surface area contributed by atoms with Gasteiger partial charge in [-0.2, -0.15) is 0 Å². The van der Waals surface area contributed by atoms with Crippen LogP contribution in [0.2, 0.25) is 0 Å². The van der Waals surface area contributed by atoms with E-state index in [1.54, 1.807) is 7.11 Å². The fraction of sp³-hybridized carbons (Fsp3) is 0.625. The molecule has 0 radical (unpaired) electrons. The Morgan fingerprint density at radius 3 is 2.53 bits per heavy atom. The van der Waals surface area contributed by atoms with Crippen LogP contribution in [0.5, 0.6) is 0 Å². The highest BCUT2D eigenvalue weighted by molar-refractivity contribution is 5.23. The van der Waals surface area contributed by atoms with Gasteiger partial charge in [0, 0.05) is 19.2 Å². The van der Waals surface area contributed by atoms with Gasteiger partial charge >= 0.3 is 0 Å². The van der Waals surface area contributed by atoms with Crippen molar-refractivity contribution in [2.45, 2.75) is 52.5 Å². The second-order valence-corrected chi connectivity index (χ2v) is 6.00. The predicted molar refractivity (Wildman–Crippen MR) is 79.2 cm³/mol. The predicted octanol–water partition coefficient (Wildman–Crippen LogP) is 3.13.